The summed E-state index contributed by atoms with van der Waals surface area (Å²) in [5, 5.41) is 8.68. The maximum absolute atomic E-state index is 12.1. The number of H-pyrrole nitrogens is 1. The first-order valence-corrected chi connectivity index (χ1v) is 7.28. The van der Waals surface area contributed by atoms with Gasteiger partial charge in [0.05, 0.1) is 0 Å². The summed E-state index contributed by atoms with van der Waals surface area (Å²) < 4.78 is 26.3. The highest BCUT2D eigenvalue weighted by molar-refractivity contribution is 7.92. The Balaban J connectivity index is 2.21. The van der Waals surface area contributed by atoms with Crippen molar-refractivity contribution in [2.45, 2.75) is 11.8 Å². The fraction of sp³-hybridized carbons (Fsp3) is 0.182. The third kappa shape index (κ3) is 3.32. The van der Waals surface area contributed by atoms with Crippen LogP contribution in [0.5, 0.6) is 0 Å². The molecule has 0 aromatic carbocycles. The second-order valence-corrected chi connectivity index (χ2v) is 5.50. The molecule has 0 aliphatic heterocycles. The van der Waals surface area contributed by atoms with Crippen molar-refractivity contribution >= 4 is 21.7 Å². The van der Waals surface area contributed by atoms with Gasteiger partial charge in [-0.2, -0.15) is 5.10 Å². The van der Waals surface area contributed by atoms with E-state index in [9.17, 15) is 13.2 Å². The van der Waals surface area contributed by atoms with Gasteiger partial charge in [0, 0.05) is 18.8 Å². The second-order valence-electron chi connectivity index (χ2n) is 3.82. The van der Waals surface area contributed by atoms with Crippen LogP contribution in [0.4, 0.5) is 11.6 Å². The Hall–Kier alpha value is -2.42. The van der Waals surface area contributed by atoms with E-state index < -0.39 is 15.6 Å². The highest BCUT2D eigenvalue weighted by atomic mass is 32.2. The molecule has 106 valence electrons. The first-order valence-electron chi connectivity index (χ1n) is 5.80. The SMILES string of the molecule is CCNc1ccc(S(=O)(=O)Nc2ccc(=O)[nH]n2)cn1. The molecule has 0 bridgehead atoms. The van der Waals surface area contributed by atoms with Gasteiger partial charge < -0.3 is 5.32 Å². The van der Waals surface area contributed by atoms with Gasteiger partial charge in [0.2, 0.25) is 0 Å². The van der Waals surface area contributed by atoms with Crippen molar-refractivity contribution in [3.8, 4) is 0 Å². The van der Waals surface area contributed by atoms with Crippen LogP contribution in [0.15, 0.2) is 40.2 Å². The van der Waals surface area contributed by atoms with Crippen LogP contribution in [0.1, 0.15) is 6.92 Å². The standard InChI is InChI=1S/C11H13N5O3S/c1-2-12-9-4-3-8(7-13-9)20(18,19)16-10-5-6-11(17)15-14-10/h3-7H,2H2,1H3,(H,12,13)(H,14,16)(H,15,17). The normalized spacial score (nSPS) is 11.1. The van der Waals surface area contributed by atoms with Crippen LogP contribution in [0.25, 0.3) is 0 Å². The lowest BCUT2D eigenvalue weighted by Crippen LogP contribution is -2.16. The molecule has 0 saturated carbocycles. The Morgan fingerprint density at radius 3 is 2.50 bits per heavy atom. The summed E-state index contributed by atoms with van der Waals surface area (Å²) in [4.78, 5) is 14.8. The quantitative estimate of drug-likeness (QED) is 0.735. The van der Waals surface area contributed by atoms with Crippen molar-refractivity contribution in [3.63, 3.8) is 0 Å². The first-order chi connectivity index (χ1) is 9.51. The molecule has 20 heavy (non-hydrogen) atoms. The molecule has 0 saturated heterocycles. The van der Waals surface area contributed by atoms with Crippen LogP contribution in [-0.2, 0) is 10.0 Å². The molecular formula is C11H13N5O3S. The maximum atomic E-state index is 12.1. The van der Waals surface area contributed by atoms with E-state index in [1.54, 1.807) is 6.07 Å². The lowest BCUT2D eigenvalue weighted by atomic mass is 10.4. The largest absolute Gasteiger partial charge is 0.370 e. The van der Waals surface area contributed by atoms with E-state index >= 15 is 0 Å². The Labute approximate surface area is 115 Å². The third-order valence-electron chi connectivity index (χ3n) is 2.32. The van der Waals surface area contributed by atoms with E-state index in [1.165, 1.54) is 24.4 Å². The molecule has 3 N–H and O–H groups in total. The smallest absolute Gasteiger partial charge is 0.264 e. The average Bonchev–Trinajstić information content (AvgIpc) is 2.42. The van der Waals surface area contributed by atoms with Gasteiger partial charge in [0.15, 0.2) is 5.82 Å². The number of hydrogen-bond donors (Lipinski definition) is 3. The second kappa shape index (κ2) is 5.70. The van der Waals surface area contributed by atoms with Gasteiger partial charge in [-0.25, -0.2) is 18.5 Å². The van der Waals surface area contributed by atoms with E-state index in [-0.39, 0.29) is 10.7 Å². The lowest BCUT2D eigenvalue weighted by molar-refractivity contribution is 0.600. The highest BCUT2D eigenvalue weighted by Gasteiger charge is 2.15. The van der Waals surface area contributed by atoms with Gasteiger partial charge in [0.1, 0.15) is 10.7 Å². The van der Waals surface area contributed by atoms with E-state index in [1.807, 2.05) is 6.92 Å². The minimum Gasteiger partial charge on any atom is -0.370 e. The number of aromatic amines is 1. The summed E-state index contributed by atoms with van der Waals surface area (Å²) in [5.41, 5.74) is -0.412. The summed E-state index contributed by atoms with van der Waals surface area (Å²) in [6, 6.07) is 5.45. The van der Waals surface area contributed by atoms with Crippen molar-refractivity contribution in [2.24, 2.45) is 0 Å². The zero-order chi connectivity index (χ0) is 14.6. The number of hydrogen-bond acceptors (Lipinski definition) is 6. The average molecular weight is 295 g/mol. The monoisotopic (exact) mass is 295 g/mol. The van der Waals surface area contributed by atoms with Crippen LogP contribution in [0, 0.1) is 0 Å². The van der Waals surface area contributed by atoms with Crippen LogP contribution in [0.3, 0.4) is 0 Å². The van der Waals surface area contributed by atoms with E-state index in [0.717, 1.165) is 0 Å². The number of sulfonamides is 1. The summed E-state index contributed by atoms with van der Waals surface area (Å²) in [5.74, 6) is 0.619. The predicted octanol–water partition coefficient (Wildman–Crippen LogP) is 0.397. The van der Waals surface area contributed by atoms with Crippen molar-refractivity contribution in [3.05, 3.63) is 40.8 Å². The summed E-state index contributed by atoms with van der Waals surface area (Å²) in [6.07, 6.45) is 1.24. The van der Waals surface area contributed by atoms with Gasteiger partial charge >= 0.3 is 0 Å². The van der Waals surface area contributed by atoms with E-state index in [4.69, 9.17) is 0 Å². The lowest BCUT2D eigenvalue weighted by Gasteiger charge is -2.07. The van der Waals surface area contributed by atoms with Gasteiger partial charge in [-0.1, -0.05) is 0 Å². The van der Waals surface area contributed by atoms with Crippen molar-refractivity contribution in [1.82, 2.24) is 15.2 Å². The van der Waals surface area contributed by atoms with Gasteiger partial charge in [0.25, 0.3) is 15.6 Å². The fourth-order valence-electron chi connectivity index (χ4n) is 1.42. The molecule has 0 fully saturated rings. The van der Waals surface area contributed by atoms with Crippen LogP contribution in [-0.4, -0.2) is 30.1 Å². The molecule has 0 atom stereocenters. The molecule has 2 heterocycles. The minimum absolute atomic E-state index is 0.00662. The summed E-state index contributed by atoms with van der Waals surface area (Å²) >= 11 is 0. The zero-order valence-corrected chi connectivity index (χ0v) is 11.4. The molecule has 0 spiro atoms. The van der Waals surface area contributed by atoms with E-state index in [2.05, 4.69) is 25.2 Å². The van der Waals surface area contributed by atoms with Crippen molar-refractivity contribution < 1.29 is 8.42 Å². The van der Waals surface area contributed by atoms with Crippen LogP contribution < -0.4 is 15.6 Å². The molecule has 2 aromatic heterocycles. The molecular weight excluding hydrogens is 282 g/mol. The van der Waals surface area contributed by atoms with E-state index in [0.29, 0.717) is 12.4 Å². The van der Waals surface area contributed by atoms with Gasteiger partial charge in [-0.3, -0.25) is 9.52 Å². The molecule has 2 rings (SSSR count). The Morgan fingerprint density at radius 2 is 1.95 bits per heavy atom. The number of nitrogens with one attached hydrogen (secondary N) is 3. The molecule has 0 radical (unpaired) electrons. The van der Waals surface area contributed by atoms with Crippen molar-refractivity contribution in [1.29, 1.82) is 0 Å². The summed E-state index contributed by atoms with van der Waals surface area (Å²) in [7, 11) is -3.78. The highest BCUT2D eigenvalue weighted by Crippen LogP contribution is 2.13. The van der Waals surface area contributed by atoms with Gasteiger partial charge in [-0.15, -0.1) is 0 Å². The first kappa shape index (κ1) is 14.0. The fourth-order valence-corrected chi connectivity index (χ4v) is 2.37. The molecule has 9 heteroatoms. The van der Waals surface area contributed by atoms with Crippen molar-refractivity contribution in [2.75, 3.05) is 16.6 Å². The zero-order valence-electron chi connectivity index (χ0n) is 10.6. The molecule has 0 aliphatic rings. The number of pyridine rings is 1. The summed E-state index contributed by atoms with van der Waals surface area (Å²) in [6.45, 7) is 2.61. The molecule has 0 amide bonds. The Morgan fingerprint density at radius 1 is 1.20 bits per heavy atom. The minimum atomic E-state index is -3.78. The Bertz CT molecular complexity index is 719. The molecule has 8 nitrogen and oxygen atoms in total. The maximum Gasteiger partial charge on any atom is 0.264 e. The number of aromatic nitrogens is 3. The predicted molar refractivity (Wildman–Crippen MR) is 74.1 cm³/mol. The van der Waals surface area contributed by atoms with Gasteiger partial charge in [-0.05, 0) is 25.1 Å². The molecule has 2 aromatic rings. The topological polar surface area (TPSA) is 117 Å². The molecule has 0 aliphatic carbocycles. The van der Waals surface area contributed by atoms with Crippen LogP contribution in [0.2, 0.25) is 0 Å². The molecule has 0 unspecified atom stereocenters. The third-order valence-corrected chi connectivity index (χ3v) is 3.66. The number of rotatable bonds is 5. The number of anilines is 2. The van der Waals surface area contributed by atoms with Crippen LogP contribution >= 0.6 is 0 Å². The number of nitrogens with zero attached hydrogens (tertiary/aromatic N) is 2. The Kier molecular flexibility index (Phi) is 3.99.